The van der Waals surface area contributed by atoms with Crippen molar-refractivity contribution in [3.63, 3.8) is 0 Å². The summed E-state index contributed by atoms with van der Waals surface area (Å²) in [5.74, 6) is 0.942. The van der Waals surface area contributed by atoms with Crippen LogP contribution in [0.5, 0.6) is 0 Å². The molecular weight excluding hydrogens is 272 g/mol. The highest BCUT2D eigenvalue weighted by Gasteiger charge is 2.14. The van der Waals surface area contributed by atoms with Crippen LogP contribution in [-0.4, -0.2) is 24.5 Å². The van der Waals surface area contributed by atoms with E-state index in [-0.39, 0.29) is 0 Å². The van der Waals surface area contributed by atoms with Crippen LogP contribution in [-0.2, 0) is 0 Å². The summed E-state index contributed by atoms with van der Waals surface area (Å²) in [6.07, 6.45) is 17.2. The van der Waals surface area contributed by atoms with Crippen molar-refractivity contribution in [2.45, 2.75) is 78.1 Å². The Labute approximate surface area is 137 Å². The molecule has 1 heterocycles. The van der Waals surface area contributed by atoms with Gasteiger partial charge in [0.05, 0.1) is 0 Å². The smallest absolute Gasteiger partial charge is 0.190 e. The van der Waals surface area contributed by atoms with Crippen molar-refractivity contribution in [2.75, 3.05) is 19.6 Å². The number of rotatable bonds is 9. The molecule has 126 valence electrons. The largest absolute Gasteiger partial charge is 0.303 e. The Kier molecular flexibility index (Phi) is 15.2. The number of hydrogen-bond acceptors (Lipinski definition) is 4. The van der Waals surface area contributed by atoms with Gasteiger partial charge in [0.1, 0.15) is 0 Å². The molecule has 4 nitrogen and oxygen atoms in total. The van der Waals surface area contributed by atoms with E-state index in [9.17, 15) is 0 Å². The van der Waals surface area contributed by atoms with Crippen LogP contribution in [0.15, 0.2) is 0 Å². The Balaban J connectivity index is 0.000000763. The molecule has 0 radical (unpaired) electrons. The van der Waals surface area contributed by atoms with E-state index in [0.29, 0.717) is 0 Å². The molecule has 0 aromatic rings. The predicted octanol–water partition coefficient (Wildman–Crippen LogP) is 4.40. The number of piperidine rings is 1. The molecule has 1 aliphatic heterocycles. The fourth-order valence-corrected chi connectivity index (χ4v) is 2.98. The average Bonchev–Trinajstić information content (AvgIpc) is 2.51. The Morgan fingerprint density at radius 1 is 1.00 bits per heavy atom. The number of nitrogens with one attached hydrogen (secondary N) is 1. The second kappa shape index (κ2) is 16.1. The lowest BCUT2D eigenvalue weighted by Crippen LogP contribution is -2.34. The van der Waals surface area contributed by atoms with Gasteiger partial charge in [-0.1, -0.05) is 58.8 Å². The van der Waals surface area contributed by atoms with Gasteiger partial charge in [0.15, 0.2) is 12.4 Å². The van der Waals surface area contributed by atoms with Gasteiger partial charge in [-0.3, -0.25) is 0 Å². The Bertz CT molecular complexity index is 304. The summed E-state index contributed by atoms with van der Waals surface area (Å²) in [6.45, 7) is 8.77. The van der Waals surface area contributed by atoms with E-state index >= 15 is 0 Å². The molecule has 1 aliphatic rings. The minimum atomic E-state index is 0.942. The highest BCUT2D eigenvalue weighted by atomic mass is 15.1. The molecule has 22 heavy (non-hydrogen) atoms. The molecule has 1 saturated heterocycles. The van der Waals surface area contributed by atoms with Crippen molar-refractivity contribution in [3.8, 4) is 12.4 Å². The van der Waals surface area contributed by atoms with Gasteiger partial charge in [-0.15, -0.1) is 0 Å². The Morgan fingerprint density at radius 3 is 2.09 bits per heavy atom. The lowest BCUT2D eigenvalue weighted by Gasteiger charge is -2.30. The van der Waals surface area contributed by atoms with Crippen LogP contribution >= 0.6 is 0 Å². The van der Waals surface area contributed by atoms with Gasteiger partial charge in [-0.25, -0.2) is 5.32 Å². The fraction of sp³-hybridized carbons (Fsp3) is 0.889. The molecule has 0 bridgehead atoms. The van der Waals surface area contributed by atoms with Crippen molar-refractivity contribution >= 4 is 0 Å². The van der Waals surface area contributed by atoms with Gasteiger partial charge in [-0.2, -0.15) is 10.5 Å². The maximum Gasteiger partial charge on any atom is 0.190 e. The van der Waals surface area contributed by atoms with E-state index in [4.69, 9.17) is 10.5 Å². The lowest BCUT2D eigenvalue weighted by atomic mass is 10.00. The number of nitrogens with zero attached hydrogens (tertiary/aromatic N) is 3. The van der Waals surface area contributed by atoms with Gasteiger partial charge < -0.3 is 4.90 Å². The van der Waals surface area contributed by atoms with Gasteiger partial charge in [-0.05, 0) is 38.3 Å². The first-order chi connectivity index (χ1) is 10.7. The van der Waals surface area contributed by atoms with E-state index in [1.54, 1.807) is 5.32 Å². The van der Waals surface area contributed by atoms with Crippen LogP contribution in [0.4, 0.5) is 0 Å². The minimum Gasteiger partial charge on any atom is -0.303 e. The summed E-state index contributed by atoms with van der Waals surface area (Å²) in [7, 11) is 0. The first-order valence-electron chi connectivity index (χ1n) is 9.00. The standard InChI is InChI=1S/C16H33N.C2HN3/c1-3-4-5-6-7-8-9-10-13-17-14-11-12-16(2)15-17;3-1-5-2-4/h16H,3-15H2,1-2H3;5H. The molecule has 1 unspecified atom stereocenters. The molecule has 0 aliphatic carbocycles. The molecule has 4 heteroatoms. The average molecular weight is 306 g/mol. The van der Waals surface area contributed by atoms with E-state index in [1.807, 2.05) is 0 Å². The maximum absolute atomic E-state index is 7.48. The molecule has 1 N–H and O–H groups in total. The zero-order valence-electron chi connectivity index (χ0n) is 14.6. The SMILES string of the molecule is CCCCCCCCCCN1CCCC(C)C1.N#CNC#N. The molecule has 0 aromatic carbocycles. The topological polar surface area (TPSA) is 62.9 Å². The molecule has 1 atom stereocenters. The third-order valence-corrected chi connectivity index (χ3v) is 4.18. The van der Waals surface area contributed by atoms with E-state index in [2.05, 4.69) is 18.7 Å². The Hall–Kier alpha value is -1.26. The van der Waals surface area contributed by atoms with Crippen LogP contribution < -0.4 is 5.32 Å². The summed E-state index contributed by atoms with van der Waals surface area (Å²) in [6, 6.07) is 0. The first-order valence-corrected chi connectivity index (χ1v) is 9.00. The summed E-state index contributed by atoms with van der Waals surface area (Å²) in [5.41, 5.74) is 0. The van der Waals surface area contributed by atoms with Crippen molar-refractivity contribution in [1.82, 2.24) is 10.2 Å². The normalized spacial score (nSPS) is 17.7. The number of unbranched alkanes of at least 4 members (excludes halogenated alkanes) is 7. The summed E-state index contributed by atoms with van der Waals surface area (Å²) in [4.78, 5) is 2.69. The second-order valence-corrected chi connectivity index (χ2v) is 6.37. The lowest BCUT2D eigenvalue weighted by molar-refractivity contribution is 0.180. The first kappa shape index (κ1) is 20.7. The number of hydrogen-bond donors (Lipinski definition) is 1. The Morgan fingerprint density at radius 2 is 1.59 bits per heavy atom. The highest BCUT2D eigenvalue weighted by molar-refractivity contribution is 4.77. The van der Waals surface area contributed by atoms with Gasteiger partial charge >= 0.3 is 0 Å². The molecule has 0 spiro atoms. The highest BCUT2D eigenvalue weighted by Crippen LogP contribution is 2.16. The van der Waals surface area contributed by atoms with Crippen molar-refractivity contribution in [2.24, 2.45) is 5.92 Å². The summed E-state index contributed by atoms with van der Waals surface area (Å²) >= 11 is 0. The minimum absolute atomic E-state index is 0.942. The van der Waals surface area contributed by atoms with Gasteiger partial charge in [0, 0.05) is 6.54 Å². The predicted molar refractivity (Wildman–Crippen MR) is 91.8 cm³/mol. The van der Waals surface area contributed by atoms with Crippen LogP contribution in [0.1, 0.15) is 78.1 Å². The third-order valence-electron chi connectivity index (χ3n) is 4.18. The fourth-order valence-electron chi connectivity index (χ4n) is 2.98. The van der Waals surface area contributed by atoms with Crippen LogP contribution in [0, 0.1) is 28.8 Å². The number of nitriles is 2. The van der Waals surface area contributed by atoms with E-state index in [1.165, 1.54) is 96.2 Å². The van der Waals surface area contributed by atoms with Crippen molar-refractivity contribution in [1.29, 1.82) is 10.5 Å². The monoisotopic (exact) mass is 306 g/mol. The molecule has 1 fully saturated rings. The summed E-state index contributed by atoms with van der Waals surface area (Å²) in [5, 5.41) is 16.7. The molecular formula is C18H34N4. The van der Waals surface area contributed by atoms with Crippen molar-refractivity contribution in [3.05, 3.63) is 0 Å². The maximum atomic E-state index is 7.48. The van der Waals surface area contributed by atoms with Crippen LogP contribution in [0.25, 0.3) is 0 Å². The van der Waals surface area contributed by atoms with E-state index < -0.39 is 0 Å². The van der Waals surface area contributed by atoms with Gasteiger partial charge in [0.2, 0.25) is 0 Å². The van der Waals surface area contributed by atoms with Crippen LogP contribution in [0.3, 0.4) is 0 Å². The molecule has 0 saturated carbocycles. The second-order valence-electron chi connectivity index (χ2n) is 6.37. The summed E-state index contributed by atoms with van der Waals surface area (Å²) < 4.78 is 0. The zero-order chi connectivity index (χ0) is 16.5. The third kappa shape index (κ3) is 13.7. The molecule has 1 rings (SSSR count). The van der Waals surface area contributed by atoms with Crippen LogP contribution in [0.2, 0.25) is 0 Å². The van der Waals surface area contributed by atoms with Gasteiger partial charge in [0.25, 0.3) is 0 Å². The number of likely N-dealkylation sites (tertiary alicyclic amines) is 1. The molecule has 0 amide bonds. The quantitative estimate of drug-likeness (QED) is 0.389. The van der Waals surface area contributed by atoms with E-state index in [0.717, 1.165) is 5.92 Å². The zero-order valence-corrected chi connectivity index (χ0v) is 14.6. The van der Waals surface area contributed by atoms with Crippen molar-refractivity contribution < 1.29 is 0 Å². The molecule has 0 aromatic heterocycles.